The van der Waals surface area contributed by atoms with Gasteiger partial charge in [-0.3, -0.25) is 4.79 Å². The molecule has 1 fully saturated rings. The quantitative estimate of drug-likeness (QED) is 0.529. The van der Waals surface area contributed by atoms with Gasteiger partial charge in [0, 0.05) is 13.1 Å². The van der Waals surface area contributed by atoms with E-state index >= 15 is 0 Å². The van der Waals surface area contributed by atoms with Crippen LogP contribution in [-0.4, -0.2) is 29.7 Å². The Labute approximate surface area is 65.3 Å². The van der Waals surface area contributed by atoms with Crippen LogP contribution >= 0.6 is 0 Å². The van der Waals surface area contributed by atoms with Crippen molar-refractivity contribution in [2.75, 3.05) is 13.1 Å². The fraction of sp³-hybridized carbons (Fsp3) is 0.714. The van der Waals surface area contributed by atoms with Crippen LogP contribution in [0.1, 0.15) is 19.3 Å². The molecule has 0 aliphatic carbocycles. The molecule has 0 aromatic carbocycles. The maximum absolute atomic E-state index is 10.8. The summed E-state index contributed by atoms with van der Waals surface area (Å²) >= 11 is 0. The van der Waals surface area contributed by atoms with Gasteiger partial charge in [0.25, 0.3) is 0 Å². The second kappa shape index (κ2) is 2.53. The number of carbonyl (C=O) groups excluding carboxylic acids is 1. The van der Waals surface area contributed by atoms with Crippen molar-refractivity contribution in [1.82, 2.24) is 10.3 Å². The van der Waals surface area contributed by atoms with Crippen molar-refractivity contribution in [3.8, 4) is 0 Å². The molecule has 60 valence electrons. The highest BCUT2D eigenvalue weighted by Gasteiger charge is 2.22. The summed E-state index contributed by atoms with van der Waals surface area (Å²) in [6.07, 6.45) is 2.93. The first-order chi connectivity index (χ1) is 5.36. The zero-order chi connectivity index (χ0) is 7.68. The summed E-state index contributed by atoms with van der Waals surface area (Å²) in [5.41, 5.74) is 2.45. The minimum atomic E-state index is 0.0203. The van der Waals surface area contributed by atoms with Crippen LogP contribution in [-0.2, 0) is 4.79 Å². The van der Waals surface area contributed by atoms with Crippen LogP contribution in [0.15, 0.2) is 5.10 Å². The van der Waals surface area contributed by atoms with Gasteiger partial charge in [0.05, 0.1) is 6.42 Å². The molecule has 0 spiro atoms. The van der Waals surface area contributed by atoms with E-state index in [9.17, 15) is 4.79 Å². The van der Waals surface area contributed by atoms with E-state index in [4.69, 9.17) is 0 Å². The molecule has 0 radical (unpaired) electrons. The lowest BCUT2D eigenvalue weighted by Crippen LogP contribution is -2.26. The van der Waals surface area contributed by atoms with Gasteiger partial charge in [-0.05, 0) is 12.8 Å². The Morgan fingerprint density at radius 2 is 2.09 bits per heavy atom. The van der Waals surface area contributed by atoms with Crippen LogP contribution in [0, 0.1) is 0 Å². The maximum Gasteiger partial charge on any atom is 0.247 e. The van der Waals surface area contributed by atoms with E-state index in [0.29, 0.717) is 6.42 Å². The number of nitrogens with zero attached hydrogens (tertiary/aromatic N) is 2. The summed E-state index contributed by atoms with van der Waals surface area (Å²) < 4.78 is 0. The van der Waals surface area contributed by atoms with Gasteiger partial charge in [-0.15, -0.1) is 0 Å². The maximum atomic E-state index is 10.8. The Bertz CT molecular complexity index is 206. The van der Waals surface area contributed by atoms with E-state index in [1.165, 1.54) is 12.8 Å². The summed E-state index contributed by atoms with van der Waals surface area (Å²) in [4.78, 5) is 12.9. The molecule has 1 amide bonds. The minimum absolute atomic E-state index is 0.0203. The Balaban J connectivity index is 1.99. The average Bonchev–Trinajstić information content (AvgIpc) is 2.55. The Morgan fingerprint density at radius 3 is 2.64 bits per heavy atom. The normalized spacial score (nSPS) is 23.8. The monoisotopic (exact) mass is 153 g/mol. The lowest BCUT2D eigenvalue weighted by molar-refractivity contribution is -0.119. The number of nitrogens with one attached hydrogen (secondary N) is 1. The van der Waals surface area contributed by atoms with Gasteiger partial charge in [-0.25, -0.2) is 5.43 Å². The van der Waals surface area contributed by atoms with Crippen molar-refractivity contribution in [2.45, 2.75) is 19.3 Å². The molecule has 1 N–H and O–H groups in total. The molecule has 0 bridgehead atoms. The second-order valence-corrected chi connectivity index (χ2v) is 2.93. The van der Waals surface area contributed by atoms with Gasteiger partial charge in [0.1, 0.15) is 5.84 Å². The number of rotatable bonds is 0. The summed E-state index contributed by atoms with van der Waals surface area (Å²) in [5, 5.41) is 3.94. The summed E-state index contributed by atoms with van der Waals surface area (Å²) in [7, 11) is 0. The zero-order valence-corrected chi connectivity index (χ0v) is 6.34. The SMILES string of the molecule is O=C1CC(N2CCCC2)=NN1. The highest BCUT2D eigenvalue weighted by atomic mass is 16.2. The third-order valence-electron chi connectivity index (χ3n) is 2.10. The Hall–Kier alpha value is -1.06. The lowest BCUT2D eigenvalue weighted by atomic mass is 10.3. The molecule has 0 saturated carbocycles. The number of amides is 1. The molecule has 2 rings (SSSR count). The summed E-state index contributed by atoms with van der Waals surface area (Å²) in [5.74, 6) is 0.944. The first-order valence-corrected chi connectivity index (χ1v) is 3.96. The Morgan fingerprint density at radius 1 is 1.36 bits per heavy atom. The molecule has 0 unspecified atom stereocenters. The standard InChI is InChI=1S/C7H11N3O/c11-7-5-6(8-9-7)10-3-1-2-4-10/h1-5H2,(H,9,11). The van der Waals surface area contributed by atoms with Crippen molar-refractivity contribution in [3.63, 3.8) is 0 Å². The van der Waals surface area contributed by atoms with E-state index in [1.54, 1.807) is 0 Å². The van der Waals surface area contributed by atoms with E-state index < -0.39 is 0 Å². The molecule has 0 aromatic rings. The molecule has 2 aliphatic rings. The average molecular weight is 153 g/mol. The molecule has 0 aromatic heterocycles. The number of hydrazone groups is 1. The molecule has 2 aliphatic heterocycles. The molecule has 2 heterocycles. The second-order valence-electron chi connectivity index (χ2n) is 2.93. The number of hydrogen-bond acceptors (Lipinski definition) is 3. The van der Waals surface area contributed by atoms with Gasteiger partial charge in [0.15, 0.2) is 0 Å². The molecule has 4 heteroatoms. The summed E-state index contributed by atoms with van der Waals surface area (Å²) in [6, 6.07) is 0. The zero-order valence-electron chi connectivity index (χ0n) is 6.34. The largest absolute Gasteiger partial charge is 0.358 e. The van der Waals surface area contributed by atoms with Crippen molar-refractivity contribution < 1.29 is 4.79 Å². The third kappa shape index (κ3) is 1.20. The van der Waals surface area contributed by atoms with Gasteiger partial charge in [-0.2, -0.15) is 5.10 Å². The highest BCUT2D eigenvalue weighted by Crippen LogP contribution is 2.11. The molecule has 11 heavy (non-hydrogen) atoms. The smallest absolute Gasteiger partial charge is 0.247 e. The third-order valence-corrected chi connectivity index (χ3v) is 2.10. The van der Waals surface area contributed by atoms with E-state index in [2.05, 4.69) is 15.4 Å². The van der Waals surface area contributed by atoms with Crippen LogP contribution < -0.4 is 5.43 Å². The Kier molecular flexibility index (Phi) is 1.52. The molecular weight excluding hydrogens is 142 g/mol. The fourth-order valence-corrected chi connectivity index (χ4v) is 1.51. The lowest BCUT2D eigenvalue weighted by Gasteiger charge is -2.14. The molecule has 1 saturated heterocycles. The van der Waals surface area contributed by atoms with Gasteiger partial charge in [0.2, 0.25) is 5.91 Å². The first-order valence-electron chi connectivity index (χ1n) is 3.96. The van der Waals surface area contributed by atoms with Gasteiger partial charge < -0.3 is 4.90 Å². The number of amidine groups is 1. The number of carbonyl (C=O) groups is 1. The number of hydrogen-bond donors (Lipinski definition) is 1. The number of likely N-dealkylation sites (tertiary alicyclic amines) is 1. The van der Waals surface area contributed by atoms with Crippen LogP contribution in [0.2, 0.25) is 0 Å². The highest BCUT2D eigenvalue weighted by molar-refractivity contribution is 6.03. The molecule has 0 atom stereocenters. The molecular formula is C7H11N3O. The topological polar surface area (TPSA) is 44.7 Å². The van der Waals surface area contributed by atoms with Crippen LogP contribution in [0.4, 0.5) is 0 Å². The first kappa shape index (κ1) is 6.64. The van der Waals surface area contributed by atoms with Crippen molar-refractivity contribution in [3.05, 3.63) is 0 Å². The van der Waals surface area contributed by atoms with E-state index in [1.807, 2.05) is 0 Å². The van der Waals surface area contributed by atoms with Crippen LogP contribution in [0.3, 0.4) is 0 Å². The van der Waals surface area contributed by atoms with E-state index in [-0.39, 0.29) is 5.91 Å². The predicted molar refractivity (Wildman–Crippen MR) is 41.0 cm³/mol. The van der Waals surface area contributed by atoms with Crippen molar-refractivity contribution in [1.29, 1.82) is 0 Å². The fourth-order valence-electron chi connectivity index (χ4n) is 1.51. The van der Waals surface area contributed by atoms with E-state index in [0.717, 1.165) is 18.9 Å². The van der Waals surface area contributed by atoms with Crippen LogP contribution in [0.5, 0.6) is 0 Å². The molecule has 4 nitrogen and oxygen atoms in total. The van der Waals surface area contributed by atoms with Gasteiger partial charge >= 0.3 is 0 Å². The minimum Gasteiger partial charge on any atom is -0.358 e. The van der Waals surface area contributed by atoms with Crippen molar-refractivity contribution in [2.24, 2.45) is 5.10 Å². The van der Waals surface area contributed by atoms with Crippen LogP contribution in [0.25, 0.3) is 0 Å². The summed E-state index contributed by atoms with van der Waals surface area (Å²) in [6.45, 7) is 2.13. The van der Waals surface area contributed by atoms with Crippen molar-refractivity contribution >= 4 is 11.7 Å². The van der Waals surface area contributed by atoms with Gasteiger partial charge in [-0.1, -0.05) is 0 Å². The predicted octanol–water partition coefficient (Wildman–Crippen LogP) is -0.0844.